The maximum Gasteiger partial charge on any atom is 0.220 e. The van der Waals surface area contributed by atoms with Gasteiger partial charge in [-0.25, -0.2) is 0 Å². The summed E-state index contributed by atoms with van der Waals surface area (Å²) in [6, 6.07) is -0.649. The lowest BCUT2D eigenvalue weighted by atomic mass is 10.0. The fourth-order valence-electron chi connectivity index (χ4n) is 8.81. The Bertz CT molecular complexity index is 1270. The third kappa shape index (κ3) is 56.1. The van der Waals surface area contributed by atoms with Gasteiger partial charge >= 0.3 is 0 Å². The highest BCUT2D eigenvalue weighted by Gasteiger charge is 2.18. The van der Waals surface area contributed by atoms with Crippen LogP contribution in [0.2, 0.25) is 0 Å². The maximum atomic E-state index is 12.5. The Labute approximate surface area is 430 Å². The molecular formula is C65H115NO3. The van der Waals surface area contributed by atoms with Gasteiger partial charge in [0.1, 0.15) is 0 Å². The number of carbonyl (C=O) groups excluding carboxylic acids is 1. The van der Waals surface area contributed by atoms with E-state index in [1.165, 1.54) is 186 Å². The van der Waals surface area contributed by atoms with Crippen LogP contribution in [-0.2, 0) is 4.79 Å². The van der Waals surface area contributed by atoms with Crippen molar-refractivity contribution in [1.29, 1.82) is 0 Å². The van der Waals surface area contributed by atoms with E-state index >= 15 is 0 Å². The van der Waals surface area contributed by atoms with Gasteiger partial charge in [0.15, 0.2) is 0 Å². The van der Waals surface area contributed by atoms with Crippen LogP contribution in [0.1, 0.15) is 290 Å². The van der Waals surface area contributed by atoms with Crippen LogP contribution in [0.25, 0.3) is 0 Å². The average Bonchev–Trinajstić information content (AvgIpc) is 3.35. The molecule has 0 aromatic carbocycles. The van der Waals surface area contributed by atoms with E-state index in [2.05, 4.69) is 104 Å². The van der Waals surface area contributed by atoms with Crippen molar-refractivity contribution in [2.24, 2.45) is 0 Å². The van der Waals surface area contributed by atoms with E-state index in [1.54, 1.807) is 6.08 Å². The predicted molar refractivity (Wildman–Crippen MR) is 308 cm³/mol. The molecule has 0 aromatic heterocycles. The number of unbranched alkanes of at least 4 members (excludes halogenated alkanes) is 33. The van der Waals surface area contributed by atoms with Crippen molar-refractivity contribution in [3.05, 3.63) is 97.2 Å². The van der Waals surface area contributed by atoms with E-state index < -0.39 is 12.1 Å². The summed E-state index contributed by atoms with van der Waals surface area (Å²) < 4.78 is 0. The first-order valence-electron chi connectivity index (χ1n) is 30.0. The second kappa shape index (κ2) is 59.6. The molecule has 0 radical (unpaired) electrons. The Morgan fingerprint density at radius 2 is 0.638 bits per heavy atom. The fraction of sp³-hybridized carbons (Fsp3) is 0.738. The van der Waals surface area contributed by atoms with Crippen LogP contribution in [0, 0.1) is 0 Å². The van der Waals surface area contributed by atoms with Crippen molar-refractivity contribution in [2.45, 2.75) is 302 Å². The molecule has 0 rings (SSSR count). The summed E-state index contributed by atoms with van der Waals surface area (Å²) in [7, 11) is 0. The number of aliphatic hydroxyl groups is 2. The van der Waals surface area contributed by atoms with Gasteiger partial charge in [-0.1, -0.05) is 304 Å². The van der Waals surface area contributed by atoms with E-state index in [0.717, 1.165) is 83.5 Å². The summed E-state index contributed by atoms with van der Waals surface area (Å²) >= 11 is 0. The lowest BCUT2D eigenvalue weighted by molar-refractivity contribution is -0.123. The molecule has 2 atom stereocenters. The smallest absolute Gasteiger partial charge is 0.220 e. The number of carbonyl (C=O) groups is 1. The Kier molecular flexibility index (Phi) is 57.3. The minimum absolute atomic E-state index is 0.0965. The van der Waals surface area contributed by atoms with E-state index in [-0.39, 0.29) is 12.5 Å². The predicted octanol–water partition coefficient (Wildman–Crippen LogP) is 20.1. The molecule has 69 heavy (non-hydrogen) atoms. The number of hydrogen-bond acceptors (Lipinski definition) is 3. The Morgan fingerprint density at radius 1 is 0.362 bits per heavy atom. The minimum Gasteiger partial charge on any atom is -0.394 e. The number of rotatable bonds is 54. The Morgan fingerprint density at radius 3 is 0.957 bits per heavy atom. The number of amides is 1. The molecule has 398 valence electrons. The summed E-state index contributed by atoms with van der Waals surface area (Å²) in [6.07, 6.45) is 88.7. The Balaban J connectivity index is 3.56. The zero-order valence-corrected chi connectivity index (χ0v) is 45.8. The van der Waals surface area contributed by atoms with Gasteiger partial charge in [0, 0.05) is 6.42 Å². The molecule has 0 spiro atoms. The number of allylic oxidation sites excluding steroid dienone is 15. The molecule has 0 saturated heterocycles. The lowest BCUT2D eigenvalue weighted by Gasteiger charge is -2.19. The van der Waals surface area contributed by atoms with E-state index in [0.29, 0.717) is 6.42 Å². The van der Waals surface area contributed by atoms with Gasteiger partial charge in [-0.15, -0.1) is 0 Å². The van der Waals surface area contributed by atoms with Crippen molar-refractivity contribution >= 4 is 5.91 Å². The normalized spacial score (nSPS) is 13.5. The topological polar surface area (TPSA) is 69.6 Å². The second-order valence-corrected chi connectivity index (χ2v) is 20.0. The van der Waals surface area contributed by atoms with Gasteiger partial charge < -0.3 is 15.5 Å². The monoisotopic (exact) mass is 958 g/mol. The molecule has 0 aliphatic rings. The number of nitrogens with one attached hydrogen (secondary N) is 1. The quantitative estimate of drug-likeness (QED) is 0.0420. The third-order valence-corrected chi connectivity index (χ3v) is 13.3. The van der Waals surface area contributed by atoms with Crippen LogP contribution in [0.4, 0.5) is 0 Å². The average molecular weight is 959 g/mol. The molecule has 4 nitrogen and oxygen atoms in total. The zero-order chi connectivity index (χ0) is 49.9. The highest BCUT2D eigenvalue weighted by atomic mass is 16.3. The molecule has 0 saturated carbocycles. The van der Waals surface area contributed by atoms with Gasteiger partial charge in [-0.05, 0) is 77.0 Å². The standard InChI is InChI=1S/C65H115NO3/c1-3-5-7-9-11-13-15-17-19-21-23-25-27-29-30-31-32-33-34-35-37-38-40-42-44-46-48-50-52-54-56-58-60-64(68)63(62-67)66-65(69)61-59-57-55-53-51-49-47-45-43-41-39-36-28-26-24-22-20-18-16-14-12-10-8-6-4-2/h6,8,12,14,18,20,24,26,36,39,43,45,49,51,58,60,63-64,67-68H,3-5,7,9-11,13,15-17,19,21-23,25,27-35,37-38,40-42,44,46-48,50,52-57,59,61-62H2,1-2H3,(H,66,69)/b8-6-,14-12-,20-18-,26-24-,39-36-,45-43-,51-49-,60-58+. The van der Waals surface area contributed by atoms with Crippen LogP contribution in [0.5, 0.6) is 0 Å². The van der Waals surface area contributed by atoms with Crippen molar-refractivity contribution in [3.8, 4) is 0 Å². The van der Waals surface area contributed by atoms with Crippen molar-refractivity contribution in [3.63, 3.8) is 0 Å². The SMILES string of the molecule is CC/C=C\C/C=C\C/C=C\C/C=C\C/C=C\C/C=C\C/C=C\CCCCCC(=O)NC(CO)C(O)/C=C/CCCCCCCCCCCCCCCCCCCCCCCCCCCCCCCC. The lowest BCUT2D eigenvalue weighted by Crippen LogP contribution is -2.45. The molecule has 0 heterocycles. The Hall–Kier alpha value is -2.69. The number of aliphatic hydroxyl groups excluding tert-OH is 2. The summed E-state index contributed by atoms with van der Waals surface area (Å²) in [4.78, 5) is 12.5. The van der Waals surface area contributed by atoms with E-state index in [4.69, 9.17) is 0 Å². The first kappa shape index (κ1) is 66.3. The molecule has 0 aliphatic carbocycles. The third-order valence-electron chi connectivity index (χ3n) is 13.3. The van der Waals surface area contributed by atoms with E-state index in [9.17, 15) is 15.0 Å². The van der Waals surface area contributed by atoms with Gasteiger partial charge in [-0.3, -0.25) is 4.79 Å². The van der Waals surface area contributed by atoms with Crippen molar-refractivity contribution in [2.75, 3.05) is 6.61 Å². The zero-order valence-electron chi connectivity index (χ0n) is 45.8. The molecule has 0 fully saturated rings. The van der Waals surface area contributed by atoms with Gasteiger partial charge in [0.25, 0.3) is 0 Å². The second-order valence-electron chi connectivity index (χ2n) is 20.0. The summed E-state index contributed by atoms with van der Waals surface area (Å²) in [5.41, 5.74) is 0. The molecule has 4 heteroatoms. The summed E-state index contributed by atoms with van der Waals surface area (Å²) in [5.74, 6) is -0.0965. The molecule has 3 N–H and O–H groups in total. The van der Waals surface area contributed by atoms with E-state index in [1.807, 2.05) is 6.08 Å². The van der Waals surface area contributed by atoms with Crippen LogP contribution >= 0.6 is 0 Å². The number of hydrogen-bond donors (Lipinski definition) is 3. The van der Waals surface area contributed by atoms with Crippen LogP contribution in [0.15, 0.2) is 97.2 Å². The summed E-state index contributed by atoms with van der Waals surface area (Å²) in [5, 5.41) is 23.2. The fourth-order valence-corrected chi connectivity index (χ4v) is 8.81. The van der Waals surface area contributed by atoms with Crippen molar-refractivity contribution in [1.82, 2.24) is 5.32 Å². The van der Waals surface area contributed by atoms with Gasteiger partial charge in [0.05, 0.1) is 18.8 Å². The minimum atomic E-state index is -0.862. The first-order chi connectivity index (χ1) is 34.2. The highest BCUT2D eigenvalue weighted by molar-refractivity contribution is 5.76. The highest BCUT2D eigenvalue weighted by Crippen LogP contribution is 2.17. The van der Waals surface area contributed by atoms with Crippen LogP contribution < -0.4 is 5.32 Å². The molecule has 0 aromatic rings. The van der Waals surface area contributed by atoms with Crippen LogP contribution in [0.3, 0.4) is 0 Å². The van der Waals surface area contributed by atoms with Crippen LogP contribution in [-0.4, -0.2) is 34.9 Å². The largest absolute Gasteiger partial charge is 0.394 e. The molecule has 2 unspecified atom stereocenters. The molecule has 0 bridgehead atoms. The maximum absolute atomic E-state index is 12.5. The van der Waals surface area contributed by atoms with Gasteiger partial charge in [-0.2, -0.15) is 0 Å². The molecule has 0 aliphatic heterocycles. The first-order valence-corrected chi connectivity index (χ1v) is 30.0. The molecular weight excluding hydrogens is 843 g/mol. The van der Waals surface area contributed by atoms with Crippen molar-refractivity contribution < 1.29 is 15.0 Å². The summed E-state index contributed by atoms with van der Waals surface area (Å²) in [6.45, 7) is 4.20. The molecule has 1 amide bonds. The van der Waals surface area contributed by atoms with Gasteiger partial charge in [0.2, 0.25) is 5.91 Å².